The van der Waals surface area contributed by atoms with E-state index in [9.17, 15) is 13.2 Å². The molecule has 0 bridgehead atoms. The van der Waals surface area contributed by atoms with Crippen LogP contribution in [0.2, 0.25) is 0 Å². The third kappa shape index (κ3) is 5.59. The summed E-state index contributed by atoms with van der Waals surface area (Å²) in [6.45, 7) is 10.2. The van der Waals surface area contributed by atoms with Crippen molar-refractivity contribution in [2.75, 3.05) is 17.1 Å². The Kier molecular flexibility index (Phi) is 7.67. The van der Waals surface area contributed by atoms with E-state index in [1.165, 1.54) is 19.2 Å². The molecular weight excluding hydrogens is 448 g/mol. The number of rotatable bonds is 8. The monoisotopic (exact) mass is 480 g/mol. The highest BCUT2D eigenvalue weighted by Crippen LogP contribution is 2.33. The molecule has 3 aromatic rings. The van der Waals surface area contributed by atoms with E-state index in [0.29, 0.717) is 5.69 Å². The van der Waals surface area contributed by atoms with Crippen molar-refractivity contribution in [3.63, 3.8) is 0 Å². The van der Waals surface area contributed by atoms with E-state index in [2.05, 4.69) is 37.7 Å². The van der Waals surface area contributed by atoms with Gasteiger partial charge in [0.15, 0.2) is 0 Å². The van der Waals surface area contributed by atoms with Crippen LogP contribution in [0.5, 0.6) is 5.75 Å². The first kappa shape index (κ1) is 25.3. The van der Waals surface area contributed by atoms with Gasteiger partial charge in [0.1, 0.15) is 10.6 Å². The molecular formula is C27H32N2O4S. The van der Waals surface area contributed by atoms with Crippen molar-refractivity contribution in [1.29, 1.82) is 0 Å². The molecule has 0 atom stereocenters. The van der Waals surface area contributed by atoms with E-state index in [1.807, 2.05) is 37.3 Å². The van der Waals surface area contributed by atoms with Gasteiger partial charge in [0.2, 0.25) is 0 Å². The predicted molar refractivity (Wildman–Crippen MR) is 138 cm³/mol. The zero-order valence-corrected chi connectivity index (χ0v) is 21.3. The molecule has 3 rings (SSSR count). The van der Waals surface area contributed by atoms with Crippen LogP contribution in [-0.4, -0.2) is 21.4 Å². The number of para-hydroxylation sites is 1. The zero-order chi connectivity index (χ0) is 25.0. The zero-order valence-electron chi connectivity index (χ0n) is 20.5. The first-order chi connectivity index (χ1) is 16.0. The molecule has 7 heteroatoms. The normalized spacial score (nSPS) is 11.5. The molecule has 2 N–H and O–H groups in total. The van der Waals surface area contributed by atoms with Gasteiger partial charge in [-0.15, -0.1) is 0 Å². The summed E-state index contributed by atoms with van der Waals surface area (Å²) >= 11 is 0. The quantitative estimate of drug-likeness (QED) is 0.396. The summed E-state index contributed by atoms with van der Waals surface area (Å²) < 4.78 is 34.2. The summed E-state index contributed by atoms with van der Waals surface area (Å²) in [6.07, 6.45) is 0. The van der Waals surface area contributed by atoms with Crippen molar-refractivity contribution in [3.05, 3.63) is 82.9 Å². The average molecular weight is 481 g/mol. The van der Waals surface area contributed by atoms with E-state index in [0.717, 1.165) is 22.4 Å². The van der Waals surface area contributed by atoms with Gasteiger partial charge in [0, 0.05) is 16.9 Å². The highest BCUT2D eigenvalue weighted by Gasteiger charge is 2.23. The Hall–Kier alpha value is -3.32. The summed E-state index contributed by atoms with van der Waals surface area (Å²) in [5.41, 5.74) is 4.49. The number of amides is 1. The van der Waals surface area contributed by atoms with Crippen molar-refractivity contribution in [1.82, 2.24) is 0 Å². The lowest BCUT2D eigenvalue weighted by Crippen LogP contribution is -2.18. The number of aryl methyl sites for hydroxylation is 1. The molecule has 6 nitrogen and oxygen atoms in total. The number of hydrogen-bond acceptors (Lipinski definition) is 4. The van der Waals surface area contributed by atoms with E-state index in [1.54, 1.807) is 18.2 Å². The fourth-order valence-corrected chi connectivity index (χ4v) is 5.00. The minimum atomic E-state index is -4.00. The van der Waals surface area contributed by atoms with Crippen LogP contribution in [0, 0.1) is 6.92 Å². The Balaban J connectivity index is 1.99. The predicted octanol–water partition coefficient (Wildman–Crippen LogP) is 6.30. The van der Waals surface area contributed by atoms with Gasteiger partial charge in [-0.1, -0.05) is 63.6 Å². The van der Waals surface area contributed by atoms with Crippen LogP contribution in [0.4, 0.5) is 11.4 Å². The van der Waals surface area contributed by atoms with Crippen molar-refractivity contribution in [3.8, 4) is 5.75 Å². The molecule has 0 aromatic heterocycles. The second kappa shape index (κ2) is 10.3. The Bertz CT molecular complexity index is 1250. The maximum atomic E-state index is 13.3. The van der Waals surface area contributed by atoms with E-state index in [-0.39, 0.29) is 34.0 Å². The van der Waals surface area contributed by atoms with Crippen LogP contribution < -0.4 is 14.8 Å². The van der Waals surface area contributed by atoms with Crippen molar-refractivity contribution in [2.24, 2.45) is 0 Å². The fourth-order valence-electron chi connectivity index (χ4n) is 3.74. The van der Waals surface area contributed by atoms with Gasteiger partial charge in [-0.3, -0.25) is 9.52 Å². The molecule has 0 spiro atoms. The lowest BCUT2D eigenvalue weighted by Gasteiger charge is -2.20. The molecule has 0 radical (unpaired) electrons. The Morgan fingerprint density at radius 1 is 0.882 bits per heavy atom. The summed E-state index contributed by atoms with van der Waals surface area (Å²) in [4.78, 5) is 13.2. The summed E-state index contributed by atoms with van der Waals surface area (Å²) in [6, 6.07) is 17.4. The van der Waals surface area contributed by atoms with Gasteiger partial charge >= 0.3 is 0 Å². The average Bonchev–Trinajstić information content (AvgIpc) is 2.79. The number of anilines is 2. The van der Waals surface area contributed by atoms with E-state index >= 15 is 0 Å². The molecule has 0 fully saturated rings. The lowest BCUT2D eigenvalue weighted by molar-refractivity contribution is 0.102. The largest absolute Gasteiger partial charge is 0.495 e. The Morgan fingerprint density at radius 2 is 1.47 bits per heavy atom. The number of methoxy groups -OCH3 is 1. The molecule has 0 saturated carbocycles. The fraction of sp³-hybridized carbons (Fsp3) is 0.296. The van der Waals surface area contributed by atoms with Crippen molar-refractivity contribution >= 4 is 27.3 Å². The molecule has 1 amide bonds. The SMILES string of the molecule is COc1ccc(C(=O)Nc2c(C(C)C)cccc2C(C)C)cc1S(=O)(=O)Nc1ccc(C)cc1. The highest BCUT2D eigenvalue weighted by molar-refractivity contribution is 7.92. The van der Waals surface area contributed by atoms with Crippen LogP contribution in [0.25, 0.3) is 0 Å². The minimum absolute atomic E-state index is 0.107. The summed E-state index contributed by atoms with van der Waals surface area (Å²) in [5.74, 6) is 0.185. The Labute approximate surface area is 202 Å². The topological polar surface area (TPSA) is 84.5 Å². The van der Waals surface area contributed by atoms with Crippen LogP contribution >= 0.6 is 0 Å². The van der Waals surface area contributed by atoms with Gasteiger partial charge < -0.3 is 10.1 Å². The maximum absolute atomic E-state index is 13.3. The van der Waals surface area contributed by atoms with E-state index < -0.39 is 10.0 Å². The molecule has 0 saturated heterocycles. The van der Waals surface area contributed by atoms with Crippen LogP contribution in [0.1, 0.15) is 66.6 Å². The second-order valence-electron chi connectivity index (χ2n) is 8.91. The molecule has 34 heavy (non-hydrogen) atoms. The molecule has 0 aliphatic carbocycles. The van der Waals surface area contributed by atoms with E-state index in [4.69, 9.17) is 4.74 Å². The molecule has 0 aliphatic heterocycles. The minimum Gasteiger partial charge on any atom is -0.495 e. The molecule has 0 aliphatic rings. The standard InChI is InChI=1S/C27H32N2O4S/c1-17(2)22-8-7-9-23(18(3)4)26(22)28-27(30)20-12-15-24(33-6)25(16-20)34(31,32)29-21-13-10-19(5)11-14-21/h7-18,29H,1-6H3,(H,28,30). The van der Waals surface area contributed by atoms with Crippen molar-refractivity contribution < 1.29 is 17.9 Å². The number of benzene rings is 3. The molecule has 180 valence electrons. The van der Waals surface area contributed by atoms with Crippen LogP contribution in [-0.2, 0) is 10.0 Å². The third-order valence-electron chi connectivity index (χ3n) is 5.63. The summed E-state index contributed by atoms with van der Waals surface area (Å²) in [7, 11) is -2.60. The van der Waals surface area contributed by atoms with Gasteiger partial charge in [0.25, 0.3) is 15.9 Å². The van der Waals surface area contributed by atoms with Crippen LogP contribution in [0.15, 0.2) is 65.6 Å². The number of nitrogens with one attached hydrogen (secondary N) is 2. The van der Waals surface area contributed by atoms with Gasteiger partial charge in [-0.2, -0.15) is 0 Å². The third-order valence-corrected chi connectivity index (χ3v) is 7.03. The number of hydrogen-bond donors (Lipinski definition) is 2. The second-order valence-corrected chi connectivity index (χ2v) is 10.6. The molecule has 0 unspecified atom stereocenters. The maximum Gasteiger partial charge on any atom is 0.265 e. The lowest BCUT2D eigenvalue weighted by atomic mass is 9.92. The number of sulfonamides is 1. The van der Waals surface area contributed by atoms with Gasteiger partial charge in [-0.05, 0) is 60.2 Å². The highest BCUT2D eigenvalue weighted by atomic mass is 32.2. The Morgan fingerprint density at radius 3 is 2.00 bits per heavy atom. The van der Waals surface area contributed by atoms with Gasteiger partial charge in [0.05, 0.1) is 7.11 Å². The summed E-state index contributed by atoms with van der Waals surface area (Å²) in [5, 5.41) is 3.04. The number of carbonyl (C=O) groups is 1. The molecule has 3 aromatic carbocycles. The first-order valence-corrected chi connectivity index (χ1v) is 12.7. The molecule has 0 heterocycles. The number of ether oxygens (including phenoxy) is 1. The van der Waals surface area contributed by atoms with Gasteiger partial charge in [-0.25, -0.2) is 8.42 Å². The van der Waals surface area contributed by atoms with Crippen molar-refractivity contribution in [2.45, 2.75) is 51.3 Å². The number of carbonyl (C=O) groups excluding carboxylic acids is 1. The first-order valence-electron chi connectivity index (χ1n) is 11.2. The smallest absolute Gasteiger partial charge is 0.265 e. The van der Waals surface area contributed by atoms with Crippen LogP contribution in [0.3, 0.4) is 0 Å².